The normalized spacial score (nSPS) is 16.5. The second-order valence-corrected chi connectivity index (χ2v) is 4.68. The number of carbonyl (C=O) groups excluding carboxylic acids is 1. The SMILES string of the molecule is O=C(COc1ccccc1)NC1NCc2ccccc21. The number of benzene rings is 2. The van der Waals surface area contributed by atoms with Crippen LogP contribution in [0.25, 0.3) is 0 Å². The topological polar surface area (TPSA) is 50.4 Å². The second-order valence-electron chi connectivity index (χ2n) is 4.68. The van der Waals surface area contributed by atoms with E-state index in [1.807, 2.05) is 48.5 Å². The molecule has 0 radical (unpaired) electrons. The molecule has 1 atom stereocenters. The number of ether oxygens (including phenoxy) is 1. The minimum atomic E-state index is -0.136. The first-order valence-electron chi connectivity index (χ1n) is 6.61. The van der Waals surface area contributed by atoms with Crippen molar-refractivity contribution in [1.29, 1.82) is 0 Å². The van der Waals surface area contributed by atoms with Crippen molar-refractivity contribution in [1.82, 2.24) is 10.6 Å². The Morgan fingerprint density at radius 2 is 1.90 bits per heavy atom. The standard InChI is InChI=1S/C16H16N2O2/c19-15(11-20-13-7-2-1-3-8-13)18-16-14-9-5-4-6-12(14)10-17-16/h1-9,16-17H,10-11H2,(H,18,19). The van der Waals surface area contributed by atoms with E-state index < -0.39 is 0 Å². The summed E-state index contributed by atoms with van der Waals surface area (Å²) in [4.78, 5) is 11.9. The van der Waals surface area contributed by atoms with Crippen LogP contribution < -0.4 is 15.4 Å². The van der Waals surface area contributed by atoms with E-state index in [0.29, 0.717) is 5.75 Å². The first-order valence-corrected chi connectivity index (χ1v) is 6.61. The van der Waals surface area contributed by atoms with Gasteiger partial charge in [-0.1, -0.05) is 42.5 Å². The number of hydrogen-bond acceptors (Lipinski definition) is 3. The van der Waals surface area contributed by atoms with Crippen LogP contribution in [0, 0.1) is 0 Å². The number of amides is 1. The van der Waals surface area contributed by atoms with Crippen LogP contribution in [0.1, 0.15) is 17.3 Å². The summed E-state index contributed by atoms with van der Waals surface area (Å²) in [5.41, 5.74) is 2.35. The van der Waals surface area contributed by atoms with Gasteiger partial charge in [0.15, 0.2) is 6.61 Å². The molecule has 1 unspecified atom stereocenters. The van der Waals surface area contributed by atoms with Gasteiger partial charge in [0.25, 0.3) is 5.91 Å². The van der Waals surface area contributed by atoms with Gasteiger partial charge in [-0.2, -0.15) is 0 Å². The highest BCUT2D eigenvalue weighted by atomic mass is 16.5. The lowest BCUT2D eigenvalue weighted by Gasteiger charge is -2.14. The Bertz CT molecular complexity index is 598. The zero-order valence-electron chi connectivity index (χ0n) is 11.0. The minimum Gasteiger partial charge on any atom is -0.484 e. The Morgan fingerprint density at radius 3 is 2.75 bits per heavy atom. The maximum absolute atomic E-state index is 11.9. The van der Waals surface area contributed by atoms with Gasteiger partial charge in [0.05, 0.1) is 0 Å². The first-order chi connectivity index (χ1) is 9.83. The van der Waals surface area contributed by atoms with E-state index in [4.69, 9.17) is 4.74 Å². The average molecular weight is 268 g/mol. The summed E-state index contributed by atoms with van der Waals surface area (Å²) in [6, 6.07) is 17.4. The number of hydrogen-bond donors (Lipinski definition) is 2. The van der Waals surface area contributed by atoms with Crippen LogP contribution in [-0.2, 0) is 11.3 Å². The van der Waals surface area contributed by atoms with Crippen LogP contribution in [-0.4, -0.2) is 12.5 Å². The summed E-state index contributed by atoms with van der Waals surface area (Å²) in [6.07, 6.45) is -0.127. The predicted octanol–water partition coefficient (Wildman–Crippen LogP) is 1.98. The zero-order valence-corrected chi connectivity index (χ0v) is 11.0. The molecular formula is C16H16N2O2. The van der Waals surface area contributed by atoms with E-state index in [1.54, 1.807) is 0 Å². The number of rotatable bonds is 4. The molecule has 0 saturated heterocycles. The highest BCUT2D eigenvalue weighted by Crippen LogP contribution is 2.22. The highest BCUT2D eigenvalue weighted by Gasteiger charge is 2.22. The van der Waals surface area contributed by atoms with Crippen molar-refractivity contribution in [3.8, 4) is 5.75 Å². The lowest BCUT2D eigenvalue weighted by molar-refractivity contribution is -0.124. The molecule has 1 aliphatic heterocycles. The third-order valence-corrected chi connectivity index (χ3v) is 3.28. The zero-order chi connectivity index (χ0) is 13.8. The van der Waals surface area contributed by atoms with Crippen molar-refractivity contribution in [2.24, 2.45) is 0 Å². The lowest BCUT2D eigenvalue weighted by Crippen LogP contribution is -2.37. The number of fused-ring (bicyclic) bond motifs is 1. The van der Waals surface area contributed by atoms with Gasteiger partial charge in [-0.05, 0) is 23.3 Å². The Morgan fingerprint density at radius 1 is 1.15 bits per heavy atom. The number of para-hydroxylation sites is 1. The molecule has 4 heteroatoms. The summed E-state index contributed by atoms with van der Waals surface area (Å²) in [5, 5.41) is 6.19. The minimum absolute atomic E-state index is 0.0182. The monoisotopic (exact) mass is 268 g/mol. The summed E-state index contributed by atoms with van der Waals surface area (Å²) < 4.78 is 5.43. The molecule has 2 aromatic carbocycles. The summed E-state index contributed by atoms with van der Waals surface area (Å²) in [6.45, 7) is 0.797. The highest BCUT2D eigenvalue weighted by molar-refractivity contribution is 5.78. The molecule has 0 saturated carbocycles. The van der Waals surface area contributed by atoms with E-state index in [0.717, 1.165) is 12.1 Å². The fraction of sp³-hybridized carbons (Fsp3) is 0.188. The van der Waals surface area contributed by atoms with Crippen molar-refractivity contribution >= 4 is 5.91 Å². The van der Waals surface area contributed by atoms with Gasteiger partial charge in [0.1, 0.15) is 11.9 Å². The molecule has 0 bridgehead atoms. The molecule has 102 valence electrons. The van der Waals surface area contributed by atoms with E-state index in [-0.39, 0.29) is 18.7 Å². The smallest absolute Gasteiger partial charge is 0.259 e. The van der Waals surface area contributed by atoms with Crippen LogP contribution >= 0.6 is 0 Å². The van der Waals surface area contributed by atoms with Crippen LogP contribution in [0.4, 0.5) is 0 Å². The molecule has 1 aliphatic rings. The van der Waals surface area contributed by atoms with E-state index in [1.165, 1.54) is 5.56 Å². The van der Waals surface area contributed by atoms with Crippen molar-refractivity contribution in [3.05, 3.63) is 65.7 Å². The van der Waals surface area contributed by atoms with Gasteiger partial charge < -0.3 is 10.1 Å². The maximum Gasteiger partial charge on any atom is 0.259 e. The molecule has 4 nitrogen and oxygen atoms in total. The Hall–Kier alpha value is -2.33. The van der Waals surface area contributed by atoms with Gasteiger partial charge in [0, 0.05) is 6.54 Å². The molecular weight excluding hydrogens is 252 g/mol. The summed E-state index contributed by atoms with van der Waals surface area (Å²) in [5.74, 6) is 0.561. The van der Waals surface area contributed by atoms with Gasteiger partial charge >= 0.3 is 0 Å². The molecule has 20 heavy (non-hydrogen) atoms. The van der Waals surface area contributed by atoms with Gasteiger partial charge in [-0.3, -0.25) is 10.1 Å². The quantitative estimate of drug-likeness (QED) is 0.891. The predicted molar refractivity (Wildman–Crippen MR) is 76.1 cm³/mol. The van der Waals surface area contributed by atoms with Crippen LogP contribution in [0.3, 0.4) is 0 Å². The molecule has 1 heterocycles. The average Bonchev–Trinajstić information content (AvgIpc) is 2.90. The molecule has 0 aliphatic carbocycles. The van der Waals surface area contributed by atoms with Gasteiger partial charge in [-0.25, -0.2) is 0 Å². The van der Waals surface area contributed by atoms with Crippen molar-refractivity contribution in [2.75, 3.05) is 6.61 Å². The molecule has 2 aromatic rings. The van der Waals surface area contributed by atoms with Crippen molar-refractivity contribution in [3.63, 3.8) is 0 Å². The fourth-order valence-electron chi connectivity index (χ4n) is 2.30. The third kappa shape index (κ3) is 2.81. The van der Waals surface area contributed by atoms with Crippen LogP contribution in [0.15, 0.2) is 54.6 Å². The van der Waals surface area contributed by atoms with Crippen LogP contribution in [0.2, 0.25) is 0 Å². The van der Waals surface area contributed by atoms with E-state index >= 15 is 0 Å². The summed E-state index contributed by atoms with van der Waals surface area (Å²) in [7, 11) is 0. The molecule has 0 aromatic heterocycles. The lowest BCUT2D eigenvalue weighted by atomic mass is 10.1. The molecule has 3 rings (SSSR count). The third-order valence-electron chi connectivity index (χ3n) is 3.28. The van der Waals surface area contributed by atoms with Crippen molar-refractivity contribution < 1.29 is 9.53 Å². The van der Waals surface area contributed by atoms with Gasteiger partial charge in [0.2, 0.25) is 0 Å². The first kappa shape index (κ1) is 12.7. The van der Waals surface area contributed by atoms with Crippen LogP contribution in [0.5, 0.6) is 5.75 Å². The van der Waals surface area contributed by atoms with Crippen molar-refractivity contribution in [2.45, 2.75) is 12.7 Å². The Labute approximate surface area is 117 Å². The second kappa shape index (κ2) is 5.75. The molecule has 0 spiro atoms. The molecule has 0 fully saturated rings. The summed E-state index contributed by atoms with van der Waals surface area (Å²) >= 11 is 0. The largest absolute Gasteiger partial charge is 0.484 e. The molecule has 2 N–H and O–H groups in total. The maximum atomic E-state index is 11.9. The fourth-order valence-corrected chi connectivity index (χ4v) is 2.30. The molecule has 1 amide bonds. The van der Waals surface area contributed by atoms with E-state index in [9.17, 15) is 4.79 Å². The number of carbonyl (C=O) groups is 1. The van der Waals surface area contributed by atoms with E-state index in [2.05, 4.69) is 16.7 Å². The Balaban J connectivity index is 1.55. The number of nitrogens with one attached hydrogen (secondary N) is 2. The Kier molecular flexibility index (Phi) is 3.65. The van der Waals surface area contributed by atoms with Gasteiger partial charge in [-0.15, -0.1) is 0 Å².